The van der Waals surface area contributed by atoms with Gasteiger partial charge in [-0.3, -0.25) is 25.8 Å². The summed E-state index contributed by atoms with van der Waals surface area (Å²) in [6.45, 7) is 1.51. The van der Waals surface area contributed by atoms with E-state index in [0.717, 1.165) is 6.07 Å². The number of sulfonamides is 1. The van der Waals surface area contributed by atoms with Crippen LogP contribution in [0.15, 0.2) is 29.4 Å². The van der Waals surface area contributed by atoms with Gasteiger partial charge in [0, 0.05) is 12.3 Å². The molecule has 11 heteroatoms. The molecule has 2 rings (SSSR count). The fraction of sp³-hybridized carbons (Fsp3) is 0.100. The number of nitro groups is 1. The number of nitrogens with two attached hydrogens (primary N) is 1. The van der Waals surface area contributed by atoms with E-state index in [1.54, 1.807) is 0 Å². The molecular formula is C10H12N6O4S. The van der Waals surface area contributed by atoms with E-state index < -0.39 is 20.6 Å². The van der Waals surface area contributed by atoms with Crippen molar-refractivity contribution in [2.24, 2.45) is 5.84 Å². The molecule has 1 heterocycles. The number of nitro benzene ring substituents is 1. The average molecular weight is 312 g/mol. The summed E-state index contributed by atoms with van der Waals surface area (Å²) in [4.78, 5) is 10.0. The van der Waals surface area contributed by atoms with E-state index in [-0.39, 0.29) is 16.3 Å². The SMILES string of the molecule is Cc1cc(NN)c([N+](=O)[O-])cc1S(=O)(=O)Nc1cn[nH]c1. The van der Waals surface area contributed by atoms with Crippen molar-refractivity contribution >= 4 is 27.1 Å². The lowest BCUT2D eigenvalue weighted by atomic mass is 10.2. The molecule has 1 aromatic carbocycles. The number of anilines is 2. The summed E-state index contributed by atoms with van der Waals surface area (Å²) < 4.78 is 26.8. The Morgan fingerprint density at radius 1 is 1.43 bits per heavy atom. The van der Waals surface area contributed by atoms with E-state index in [2.05, 4.69) is 20.3 Å². The van der Waals surface area contributed by atoms with Gasteiger partial charge < -0.3 is 5.43 Å². The number of nitrogen functional groups attached to an aromatic ring is 1. The van der Waals surface area contributed by atoms with E-state index in [1.165, 1.54) is 25.4 Å². The van der Waals surface area contributed by atoms with Crippen LogP contribution < -0.4 is 16.0 Å². The molecule has 5 N–H and O–H groups in total. The summed E-state index contributed by atoms with van der Waals surface area (Å²) in [7, 11) is -3.98. The largest absolute Gasteiger partial charge is 0.318 e. The molecule has 0 radical (unpaired) electrons. The Balaban J connectivity index is 2.52. The third-order valence-electron chi connectivity index (χ3n) is 2.69. The molecule has 112 valence electrons. The summed E-state index contributed by atoms with van der Waals surface area (Å²) in [6, 6.07) is 2.25. The summed E-state index contributed by atoms with van der Waals surface area (Å²) in [5.74, 6) is 5.19. The summed E-state index contributed by atoms with van der Waals surface area (Å²) in [5.41, 5.74) is 2.29. The predicted octanol–water partition coefficient (Wildman–Crippen LogP) is 0.713. The van der Waals surface area contributed by atoms with Crippen molar-refractivity contribution in [3.8, 4) is 0 Å². The molecule has 21 heavy (non-hydrogen) atoms. The van der Waals surface area contributed by atoms with E-state index >= 15 is 0 Å². The van der Waals surface area contributed by atoms with Gasteiger partial charge in [-0.25, -0.2) is 8.42 Å². The molecule has 0 bridgehead atoms. The van der Waals surface area contributed by atoms with Gasteiger partial charge in [-0.2, -0.15) is 5.10 Å². The number of aryl methyl sites for hydroxylation is 1. The molecule has 0 spiro atoms. The number of hydrogen-bond acceptors (Lipinski definition) is 7. The van der Waals surface area contributed by atoms with E-state index in [1.807, 2.05) is 0 Å². The van der Waals surface area contributed by atoms with Crippen molar-refractivity contribution in [3.63, 3.8) is 0 Å². The lowest BCUT2D eigenvalue weighted by Crippen LogP contribution is -2.16. The fourth-order valence-corrected chi connectivity index (χ4v) is 3.03. The maximum atomic E-state index is 12.3. The number of benzene rings is 1. The number of hydrazine groups is 1. The minimum atomic E-state index is -3.98. The van der Waals surface area contributed by atoms with Crippen LogP contribution >= 0.6 is 0 Å². The van der Waals surface area contributed by atoms with Gasteiger partial charge in [-0.1, -0.05) is 0 Å². The molecule has 0 saturated heterocycles. The number of aromatic nitrogens is 2. The Bertz CT molecular complexity index is 771. The molecule has 0 aliphatic heterocycles. The predicted molar refractivity (Wildman–Crippen MR) is 75.0 cm³/mol. The van der Waals surface area contributed by atoms with Gasteiger partial charge >= 0.3 is 0 Å². The molecule has 10 nitrogen and oxygen atoms in total. The Hall–Kier alpha value is -2.66. The van der Waals surface area contributed by atoms with E-state index in [0.29, 0.717) is 5.56 Å². The van der Waals surface area contributed by atoms with Gasteiger partial charge in [0.05, 0.1) is 21.7 Å². The maximum absolute atomic E-state index is 12.3. The van der Waals surface area contributed by atoms with Crippen molar-refractivity contribution in [1.29, 1.82) is 0 Å². The Kier molecular flexibility index (Phi) is 3.78. The highest BCUT2D eigenvalue weighted by atomic mass is 32.2. The highest BCUT2D eigenvalue weighted by Gasteiger charge is 2.24. The molecule has 0 atom stereocenters. The van der Waals surface area contributed by atoms with Crippen molar-refractivity contribution < 1.29 is 13.3 Å². The Labute approximate surface area is 119 Å². The Morgan fingerprint density at radius 2 is 2.14 bits per heavy atom. The van der Waals surface area contributed by atoms with Gasteiger partial charge in [-0.15, -0.1) is 0 Å². The van der Waals surface area contributed by atoms with Crippen LogP contribution in [0.25, 0.3) is 0 Å². The highest BCUT2D eigenvalue weighted by Crippen LogP contribution is 2.30. The van der Waals surface area contributed by atoms with Gasteiger partial charge in [0.25, 0.3) is 15.7 Å². The summed E-state index contributed by atoms with van der Waals surface area (Å²) in [5, 5.41) is 17.0. The molecule has 0 aliphatic rings. The second-order valence-corrected chi connectivity index (χ2v) is 5.78. The topological polar surface area (TPSA) is 156 Å². The molecule has 0 saturated carbocycles. The van der Waals surface area contributed by atoms with Crippen LogP contribution in [0.5, 0.6) is 0 Å². The molecule has 0 amide bonds. The van der Waals surface area contributed by atoms with Gasteiger partial charge in [0.1, 0.15) is 5.69 Å². The standard InChI is InChI=1S/C10H12N6O4S/c1-6-2-8(14-11)9(16(17)18)3-10(6)21(19,20)15-7-4-12-13-5-7/h2-5,14-15H,11H2,1H3,(H,12,13). The first-order chi connectivity index (χ1) is 9.85. The van der Waals surface area contributed by atoms with Crippen molar-refractivity contribution in [1.82, 2.24) is 10.2 Å². The van der Waals surface area contributed by atoms with E-state index in [9.17, 15) is 18.5 Å². The van der Waals surface area contributed by atoms with Crippen LogP contribution in [0.3, 0.4) is 0 Å². The minimum Gasteiger partial charge on any atom is -0.318 e. The van der Waals surface area contributed by atoms with Crippen molar-refractivity contribution in [2.45, 2.75) is 11.8 Å². The number of hydrogen-bond donors (Lipinski definition) is 4. The van der Waals surface area contributed by atoms with Crippen molar-refractivity contribution in [2.75, 3.05) is 10.1 Å². The quantitative estimate of drug-likeness (QED) is 0.360. The highest BCUT2D eigenvalue weighted by molar-refractivity contribution is 7.92. The monoisotopic (exact) mass is 312 g/mol. The molecule has 1 aromatic heterocycles. The first-order valence-electron chi connectivity index (χ1n) is 5.62. The number of aromatic amines is 1. The van der Waals surface area contributed by atoms with Gasteiger partial charge in [-0.05, 0) is 18.6 Å². The molecule has 0 unspecified atom stereocenters. The normalized spacial score (nSPS) is 11.1. The second-order valence-electron chi connectivity index (χ2n) is 4.13. The van der Waals surface area contributed by atoms with Crippen molar-refractivity contribution in [3.05, 3.63) is 40.2 Å². The molecule has 2 aromatic rings. The third kappa shape index (κ3) is 2.93. The Morgan fingerprint density at radius 3 is 2.67 bits per heavy atom. The van der Waals surface area contributed by atoms with Crippen LogP contribution in [0.1, 0.15) is 5.56 Å². The lowest BCUT2D eigenvalue weighted by molar-refractivity contribution is -0.384. The molecular weight excluding hydrogens is 300 g/mol. The van der Waals surface area contributed by atoms with Crippen LogP contribution in [0, 0.1) is 17.0 Å². The average Bonchev–Trinajstić information content (AvgIpc) is 2.89. The summed E-state index contributed by atoms with van der Waals surface area (Å²) >= 11 is 0. The van der Waals surface area contributed by atoms with Crippen LogP contribution in [0.4, 0.5) is 17.1 Å². The number of nitrogens with zero attached hydrogens (tertiary/aromatic N) is 2. The number of H-pyrrole nitrogens is 1. The molecule has 0 aliphatic carbocycles. The zero-order valence-electron chi connectivity index (χ0n) is 10.8. The summed E-state index contributed by atoms with van der Waals surface area (Å²) in [6.07, 6.45) is 2.62. The minimum absolute atomic E-state index is 0.0276. The maximum Gasteiger partial charge on any atom is 0.295 e. The molecule has 0 fully saturated rings. The van der Waals surface area contributed by atoms with Crippen LogP contribution in [-0.2, 0) is 10.0 Å². The third-order valence-corrected chi connectivity index (χ3v) is 4.21. The zero-order chi connectivity index (χ0) is 15.6. The number of rotatable bonds is 5. The second kappa shape index (κ2) is 5.38. The smallest absolute Gasteiger partial charge is 0.295 e. The van der Waals surface area contributed by atoms with Gasteiger partial charge in [0.15, 0.2) is 0 Å². The lowest BCUT2D eigenvalue weighted by Gasteiger charge is -2.11. The number of nitrogens with one attached hydrogen (secondary N) is 3. The first-order valence-corrected chi connectivity index (χ1v) is 7.10. The van der Waals surface area contributed by atoms with E-state index in [4.69, 9.17) is 5.84 Å². The van der Waals surface area contributed by atoms with Crippen LogP contribution in [0.2, 0.25) is 0 Å². The first kappa shape index (κ1) is 14.7. The van der Waals surface area contributed by atoms with Gasteiger partial charge in [0.2, 0.25) is 0 Å². The van der Waals surface area contributed by atoms with Crippen LogP contribution in [-0.4, -0.2) is 23.5 Å². The zero-order valence-corrected chi connectivity index (χ0v) is 11.6. The fourth-order valence-electron chi connectivity index (χ4n) is 1.75.